The van der Waals surface area contributed by atoms with Gasteiger partial charge < -0.3 is 10.6 Å². The zero-order valence-corrected chi connectivity index (χ0v) is 17.1. The van der Waals surface area contributed by atoms with Crippen LogP contribution in [0.15, 0.2) is 30.5 Å². The van der Waals surface area contributed by atoms with Crippen LogP contribution in [0.25, 0.3) is 10.9 Å². The fourth-order valence-electron chi connectivity index (χ4n) is 4.99. The number of nitrogens with zero attached hydrogens (tertiary/aromatic N) is 5. The maximum Gasteiger partial charge on any atom is 0.153 e. The van der Waals surface area contributed by atoms with Crippen LogP contribution in [-0.4, -0.2) is 49.7 Å². The van der Waals surface area contributed by atoms with Gasteiger partial charge in [0.05, 0.1) is 11.6 Å². The summed E-state index contributed by atoms with van der Waals surface area (Å²) in [5.41, 5.74) is 1.90. The Bertz CT molecular complexity index is 1070. The van der Waals surface area contributed by atoms with E-state index in [9.17, 15) is 0 Å². The SMILES string of the molecule is Cc1cc(Nc2cc3ncccc3c(N[C@@H]3CC4CC[C@@H](C3)N4CCC#N)n2)n[nH]1. The van der Waals surface area contributed by atoms with E-state index in [0.717, 1.165) is 53.4 Å². The number of pyridine rings is 2. The maximum atomic E-state index is 8.95. The number of nitrogens with one attached hydrogen (secondary N) is 3. The molecule has 0 aromatic carbocycles. The van der Waals surface area contributed by atoms with Crippen molar-refractivity contribution < 1.29 is 0 Å². The quantitative estimate of drug-likeness (QED) is 0.577. The van der Waals surface area contributed by atoms with Crippen LogP contribution in [0.1, 0.15) is 37.8 Å². The number of nitriles is 1. The van der Waals surface area contributed by atoms with Crippen LogP contribution in [-0.2, 0) is 0 Å². The highest BCUT2D eigenvalue weighted by atomic mass is 15.2. The summed E-state index contributed by atoms with van der Waals surface area (Å²) >= 11 is 0. The Hall–Kier alpha value is -3.18. The van der Waals surface area contributed by atoms with Gasteiger partial charge in [-0.05, 0) is 44.7 Å². The minimum atomic E-state index is 0.375. The minimum absolute atomic E-state index is 0.375. The molecule has 154 valence electrons. The molecule has 5 heterocycles. The van der Waals surface area contributed by atoms with Crippen molar-refractivity contribution in [1.82, 2.24) is 25.1 Å². The average Bonchev–Trinajstić information content (AvgIpc) is 3.25. The molecule has 0 spiro atoms. The third-order valence-electron chi connectivity index (χ3n) is 6.27. The number of piperidine rings is 1. The number of aryl methyl sites for hydroxylation is 1. The van der Waals surface area contributed by atoms with Gasteiger partial charge in [0.1, 0.15) is 11.6 Å². The van der Waals surface area contributed by atoms with Gasteiger partial charge in [0.15, 0.2) is 5.82 Å². The van der Waals surface area contributed by atoms with Crippen molar-refractivity contribution in [2.24, 2.45) is 0 Å². The van der Waals surface area contributed by atoms with Gasteiger partial charge in [-0.3, -0.25) is 15.0 Å². The van der Waals surface area contributed by atoms with Crippen LogP contribution in [0, 0.1) is 18.3 Å². The second-order valence-corrected chi connectivity index (χ2v) is 8.33. The summed E-state index contributed by atoms with van der Waals surface area (Å²) in [4.78, 5) is 12.0. The molecular weight excluding hydrogens is 376 g/mol. The lowest BCUT2D eigenvalue weighted by atomic mass is 9.97. The van der Waals surface area contributed by atoms with Crippen LogP contribution >= 0.6 is 0 Å². The second kappa shape index (κ2) is 7.92. The largest absolute Gasteiger partial charge is 0.367 e. The minimum Gasteiger partial charge on any atom is -0.367 e. The molecule has 0 aliphatic carbocycles. The molecule has 2 saturated heterocycles. The van der Waals surface area contributed by atoms with Crippen LogP contribution in [0.4, 0.5) is 17.5 Å². The highest BCUT2D eigenvalue weighted by Crippen LogP contribution is 2.37. The summed E-state index contributed by atoms with van der Waals surface area (Å²) in [5.74, 6) is 2.33. The Morgan fingerprint density at radius 2 is 2.07 bits per heavy atom. The molecular formula is C22H26N8. The molecule has 2 aliphatic rings. The van der Waals surface area contributed by atoms with Crippen molar-refractivity contribution in [3.63, 3.8) is 0 Å². The van der Waals surface area contributed by atoms with Gasteiger partial charge in [0.2, 0.25) is 0 Å². The number of rotatable bonds is 6. The Kier molecular flexibility index (Phi) is 4.97. The normalized spacial score (nSPS) is 23.4. The number of fused-ring (bicyclic) bond motifs is 3. The molecule has 3 aromatic heterocycles. The fourth-order valence-corrected chi connectivity index (χ4v) is 4.99. The topological polar surface area (TPSA) is 106 Å². The summed E-state index contributed by atoms with van der Waals surface area (Å²) in [6.45, 7) is 2.87. The fraction of sp³-hybridized carbons (Fsp3) is 0.455. The molecule has 3 atom stereocenters. The predicted octanol–water partition coefficient (Wildman–Crippen LogP) is 3.73. The number of hydrogen-bond donors (Lipinski definition) is 3. The smallest absolute Gasteiger partial charge is 0.153 e. The first-order valence-electron chi connectivity index (χ1n) is 10.6. The number of aromatic nitrogens is 4. The Morgan fingerprint density at radius 3 is 2.80 bits per heavy atom. The monoisotopic (exact) mass is 402 g/mol. The van der Waals surface area contributed by atoms with Crippen LogP contribution < -0.4 is 10.6 Å². The van der Waals surface area contributed by atoms with E-state index >= 15 is 0 Å². The summed E-state index contributed by atoms with van der Waals surface area (Å²) < 4.78 is 0. The Morgan fingerprint density at radius 1 is 1.23 bits per heavy atom. The predicted molar refractivity (Wildman–Crippen MR) is 117 cm³/mol. The van der Waals surface area contributed by atoms with Crippen molar-refractivity contribution in [3.05, 3.63) is 36.2 Å². The highest BCUT2D eigenvalue weighted by molar-refractivity contribution is 5.91. The van der Waals surface area contributed by atoms with E-state index in [1.54, 1.807) is 0 Å². The van der Waals surface area contributed by atoms with Crippen molar-refractivity contribution >= 4 is 28.4 Å². The Balaban J connectivity index is 1.38. The number of hydrogen-bond acceptors (Lipinski definition) is 7. The second-order valence-electron chi connectivity index (χ2n) is 8.33. The van der Waals surface area contributed by atoms with Gasteiger partial charge in [-0.2, -0.15) is 10.4 Å². The molecule has 0 radical (unpaired) electrons. The van der Waals surface area contributed by atoms with Gasteiger partial charge >= 0.3 is 0 Å². The van der Waals surface area contributed by atoms with E-state index in [2.05, 4.69) is 42.9 Å². The van der Waals surface area contributed by atoms with E-state index in [1.807, 2.05) is 31.3 Å². The molecule has 0 saturated carbocycles. The van der Waals surface area contributed by atoms with Crippen LogP contribution in [0.3, 0.4) is 0 Å². The number of aromatic amines is 1. The summed E-state index contributed by atoms with van der Waals surface area (Å²) in [5, 5.41) is 24.2. The molecule has 8 heteroatoms. The van der Waals surface area contributed by atoms with Crippen molar-refractivity contribution in [2.75, 3.05) is 17.2 Å². The number of anilines is 3. The summed E-state index contributed by atoms with van der Waals surface area (Å²) in [7, 11) is 0. The lowest BCUT2D eigenvalue weighted by Gasteiger charge is -2.39. The number of H-pyrrole nitrogens is 1. The van der Waals surface area contributed by atoms with E-state index in [4.69, 9.17) is 10.2 Å². The maximum absolute atomic E-state index is 8.95. The van der Waals surface area contributed by atoms with Gasteiger partial charge in [-0.15, -0.1) is 0 Å². The summed E-state index contributed by atoms with van der Waals surface area (Å²) in [6.07, 6.45) is 7.04. The highest BCUT2D eigenvalue weighted by Gasteiger charge is 2.40. The molecule has 1 unspecified atom stereocenters. The first kappa shape index (κ1) is 18.8. The van der Waals surface area contributed by atoms with Crippen LogP contribution in [0.5, 0.6) is 0 Å². The molecule has 5 rings (SSSR count). The van der Waals surface area contributed by atoms with Gasteiger partial charge in [0, 0.05) is 60.5 Å². The zero-order valence-electron chi connectivity index (χ0n) is 17.1. The molecule has 30 heavy (non-hydrogen) atoms. The first-order valence-corrected chi connectivity index (χ1v) is 10.6. The van der Waals surface area contributed by atoms with E-state index < -0.39 is 0 Å². The lowest BCUT2D eigenvalue weighted by molar-refractivity contribution is 0.136. The van der Waals surface area contributed by atoms with E-state index in [1.165, 1.54) is 12.8 Å². The lowest BCUT2D eigenvalue weighted by Crippen LogP contribution is -2.47. The van der Waals surface area contributed by atoms with Crippen molar-refractivity contribution in [2.45, 2.75) is 57.2 Å². The molecule has 3 N–H and O–H groups in total. The van der Waals surface area contributed by atoms with Crippen molar-refractivity contribution in [3.8, 4) is 6.07 Å². The molecule has 2 bridgehead atoms. The third-order valence-corrected chi connectivity index (χ3v) is 6.27. The van der Waals surface area contributed by atoms with Gasteiger partial charge in [0.25, 0.3) is 0 Å². The van der Waals surface area contributed by atoms with Crippen molar-refractivity contribution in [1.29, 1.82) is 5.26 Å². The first-order chi connectivity index (χ1) is 14.7. The molecule has 2 aliphatic heterocycles. The van der Waals surface area contributed by atoms with E-state index in [0.29, 0.717) is 24.5 Å². The molecule has 2 fully saturated rings. The van der Waals surface area contributed by atoms with Gasteiger partial charge in [-0.1, -0.05) is 0 Å². The van der Waals surface area contributed by atoms with E-state index in [-0.39, 0.29) is 0 Å². The standard InChI is InChI=1S/C22H26N8/c1-14-10-21(29-28-14)26-20-13-19-18(4-2-8-24-19)22(27-20)25-15-11-16-5-6-17(12-15)30(16)9-3-7-23/h2,4,8,10,13,15-17H,3,5-6,9,11-12H2,1H3,(H3,25,26,27,28,29)/t15-,16-,17?/m0/s1. The average molecular weight is 403 g/mol. The molecule has 3 aromatic rings. The summed E-state index contributed by atoms with van der Waals surface area (Å²) in [6, 6.07) is 11.7. The van der Waals surface area contributed by atoms with Crippen LogP contribution in [0.2, 0.25) is 0 Å². The zero-order chi connectivity index (χ0) is 20.5. The Labute approximate surface area is 175 Å². The molecule has 0 amide bonds. The molecule has 8 nitrogen and oxygen atoms in total. The third kappa shape index (κ3) is 3.68. The van der Waals surface area contributed by atoms with Gasteiger partial charge in [-0.25, -0.2) is 4.98 Å².